The van der Waals surface area contributed by atoms with Crippen LogP contribution in [0.15, 0.2) is 12.1 Å². The van der Waals surface area contributed by atoms with Gasteiger partial charge in [-0.3, -0.25) is 0 Å². The third kappa shape index (κ3) is 1.96. The van der Waals surface area contributed by atoms with E-state index in [0.717, 1.165) is 31.4 Å². The van der Waals surface area contributed by atoms with Gasteiger partial charge in [0.15, 0.2) is 11.5 Å². The van der Waals surface area contributed by atoms with Crippen LogP contribution < -0.4 is 20.3 Å². The van der Waals surface area contributed by atoms with Crippen LogP contribution in [0, 0.1) is 0 Å². The minimum Gasteiger partial charge on any atom is -0.454 e. The summed E-state index contributed by atoms with van der Waals surface area (Å²) in [6.07, 6.45) is 3.31. The fraction of sp³-hybridized carbons (Fsp3) is 0.500. The number of hydrogen-bond donors (Lipinski definition) is 3. The number of ether oxygens (including phenoxy) is 2. The van der Waals surface area contributed by atoms with Crippen LogP contribution in [0.25, 0.3) is 0 Å². The minimum atomic E-state index is -1.54. The summed E-state index contributed by atoms with van der Waals surface area (Å²) < 4.78 is 10.6. The van der Waals surface area contributed by atoms with Gasteiger partial charge >= 0.3 is 7.12 Å². The third-order valence-electron chi connectivity index (χ3n) is 3.56. The summed E-state index contributed by atoms with van der Waals surface area (Å²) in [6, 6.07) is 3.88. The summed E-state index contributed by atoms with van der Waals surface area (Å²) in [4.78, 5) is 0. The number of benzene rings is 1. The van der Waals surface area contributed by atoms with E-state index < -0.39 is 7.12 Å². The molecular formula is C12H16BNO4. The molecule has 2 aliphatic heterocycles. The van der Waals surface area contributed by atoms with Gasteiger partial charge in [-0.05, 0) is 31.0 Å². The summed E-state index contributed by atoms with van der Waals surface area (Å²) in [5, 5.41) is 22.6. The van der Waals surface area contributed by atoms with Gasteiger partial charge in [-0.15, -0.1) is 0 Å². The normalized spacial score (nSPS) is 22.0. The Morgan fingerprint density at radius 3 is 2.83 bits per heavy atom. The first-order valence-corrected chi connectivity index (χ1v) is 6.29. The molecule has 6 heteroatoms. The Morgan fingerprint density at radius 1 is 1.22 bits per heavy atom. The van der Waals surface area contributed by atoms with E-state index in [-0.39, 0.29) is 12.8 Å². The van der Waals surface area contributed by atoms with Gasteiger partial charge in [-0.2, -0.15) is 0 Å². The number of hydrogen-bond acceptors (Lipinski definition) is 5. The topological polar surface area (TPSA) is 71.0 Å². The minimum absolute atomic E-state index is 0.136. The molecule has 1 unspecified atom stereocenters. The van der Waals surface area contributed by atoms with E-state index in [4.69, 9.17) is 9.47 Å². The monoisotopic (exact) mass is 249 g/mol. The summed E-state index contributed by atoms with van der Waals surface area (Å²) >= 11 is 0. The van der Waals surface area contributed by atoms with Crippen molar-refractivity contribution in [2.24, 2.45) is 0 Å². The summed E-state index contributed by atoms with van der Waals surface area (Å²) in [5.74, 6) is 1.05. The fourth-order valence-electron chi connectivity index (χ4n) is 2.70. The van der Waals surface area contributed by atoms with Crippen molar-refractivity contribution in [2.75, 3.05) is 13.3 Å². The summed E-state index contributed by atoms with van der Waals surface area (Å²) in [5.41, 5.74) is 1.33. The van der Waals surface area contributed by atoms with E-state index in [1.807, 2.05) is 12.1 Å². The molecule has 1 aromatic carbocycles. The van der Waals surface area contributed by atoms with Crippen LogP contribution in [0.1, 0.15) is 30.9 Å². The molecule has 2 heterocycles. The SMILES string of the molecule is OB(O)c1c(C2CCCCN2)ccc2c1OCO2. The molecule has 1 atom stereocenters. The molecule has 0 amide bonds. The molecule has 1 saturated heterocycles. The van der Waals surface area contributed by atoms with E-state index in [0.29, 0.717) is 17.0 Å². The van der Waals surface area contributed by atoms with Gasteiger partial charge in [-0.25, -0.2) is 0 Å². The molecule has 0 aromatic heterocycles. The molecule has 2 aliphatic rings. The zero-order chi connectivity index (χ0) is 12.5. The first-order valence-electron chi connectivity index (χ1n) is 6.29. The van der Waals surface area contributed by atoms with Gasteiger partial charge in [0.25, 0.3) is 0 Å². The largest absolute Gasteiger partial charge is 0.492 e. The van der Waals surface area contributed by atoms with Gasteiger partial charge in [0.1, 0.15) is 0 Å². The van der Waals surface area contributed by atoms with Crippen molar-refractivity contribution in [3.05, 3.63) is 17.7 Å². The van der Waals surface area contributed by atoms with E-state index in [9.17, 15) is 10.0 Å². The molecule has 0 spiro atoms. The molecule has 1 fully saturated rings. The lowest BCUT2D eigenvalue weighted by atomic mass is 9.73. The maximum absolute atomic E-state index is 9.59. The van der Waals surface area contributed by atoms with Crippen molar-refractivity contribution in [3.8, 4) is 11.5 Å². The van der Waals surface area contributed by atoms with E-state index in [2.05, 4.69) is 5.32 Å². The average Bonchev–Trinajstić information content (AvgIpc) is 2.86. The first-order chi connectivity index (χ1) is 8.77. The average molecular weight is 249 g/mol. The fourth-order valence-corrected chi connectivity index (χ4v) is 2.70. The zero-order valence-corrected chi connectivity index (χ0v) is 10.1. The molecule has 5 nitrogen and oxygen atoms in total. The van der Waals surface area contributed by atoms with Gasteiger partial charge in [0.2, 0.25) is 6.79 Å². The predicted molar refractivity (Wildman–Crippen MR) is 67.0 cm³/mol. The van der Waals surface area contributed by atoms with Crippen molar-refractivity contribution >= 4 is 12.6 Å². The Morgan fingerprint density at radius 2 is 2.11 bits per heavy atom. The molecule has 96 valence electrons. The van der Waals surface area contributed by atoms with E-state index in [1.165, 1.54) is 0 Å². The van der Waals surface area contributed by atoms with Crippen LogP contribution in [0.5, 0.6) is 11.5 Å². The number of fused-ring (bicyclic) bond motifs is 1. The first kappa shape index (κ1) is 11.8. The third-order valence-corrected chi connectivity index (χ3v) is 3.56. The van der Waals surface area contributed by atoms with Crippen LogP contribution in [0.3, 0.4) is 0 Å². The molecule has 1 aromatic rings. The Balaban J connectivity index is 2.02. The number of nitrogens with one attached hydrogen (secondary N) is 1. The second kappa shape index (κ2) is 4.80. The summed E-state index contributed by atoms with van der Waals surface area (Å²) in [6.45, 7) is 1.09. The molecule has 3 rings (SSSR count). The molecule has 0 radical (unpaired) electrons. The molecule has 0 bridgehead atoms. The molecule has 3 N–H and O–H groups in total. The Hall–Kier alpha value is -1.24. The summed E-state index contributed by atoms with van der Waals surface area (Å²) in [7, 11) is -1.54. The van der Waals surface area contributed by atoms with E-state index in [1.54, 1.807) is 0 Å². The maximum Gasteiger partial charge on any atom is 0.492 e. The standard InChI is InChI=1S/C12H16BNO4/c15-13(16)11-8(9-3-1-2-6-14-9)4-5-10-12(11)18-7-17-10/h4-5,9,14-16H,1-3,6-7H2. The zero-order valence-electron chi connectivity index (χ0n) is 10.1. The Kier molecular flexibility index (Phi) is 3.15. The van der Waals surface area contributed by atoms with Gasteiger partial charge in [0.05, 0.1) is 0 Å². The number of rotatable bonds is 2. The second-order valence-corrected chi connectivity index (χ2v) is 4.68. The lowest BCUT2D eigenvalue weighted by Crippen LogP contribution is -2.39. The highest BCUT2D eigenvalue weighted by Crippen LogP contribution is 2.34. The van der Waals surface area contributed by atoms with Crippen molar-refractivity contribution in [1.29, 1.82) is 0 Å². The smallest absolute Gasteiger partial charge is 0.454 e. The highest BCUT2D eigenvalue weighted by atomic mass is 16.7. The van der Waals surface area contributed by atoms with Crippen LogP contribution in [0.2, 0.25) is 0 Å². The number of piperidine rings is 1. The lowest BCUT2D eigenvalue weighted by Gasteiger charge is -2.26. The van der Waals surface area contributed by atoms with Crippen molar-refractivity contribution in [3.63, 3.8) is 0 Å². The molecule has 0 aliphatic carbocycles. The Labute approximate surface area is 106 Å². The predicted octanol–water partition coefficient (Wildman–Crippen LogP) is -0.0903. The quantitative estimate of drug-likeness (QED) is 0.639. The second-order valence-electron chi connectivity index (χ2n) is 4.68. The highest BCUT2D eigenvalue weighted by molar-refractivity contribution is 6.60. The van der Waals surface area contributed by atoms with Crippen molar-refractivity contribution in [2.45, 2.75) is 25.3 Å². The Bertz CT molecular complexity index is 446. The highest BCUT2D eigenvalue weighted by Gasteiger charge is 2.31. The van der Waals surface area contributed by atoms with Gasteiger partial charge < -0.3 is 24.8 Å². The van der Waals surface area contributed by atoms with Crippen molar-refractivity contribution in [1.82, 2.24) is 5.32 Å². The van der Waals surface area contributed by atoms with E-state index >= 15 is 0 Å². The van der Waals surface area contributed by atoms with Crippen molar-refractivity contribution < 1.29 is 19.5 Å². The molecule has 0 saturated carbocycles. The van der Waals surface area contributed by atoms with Gasteiger partial charge in [0, 0.05) is 11.5 Å². The van der Waals surface area contributed by atoms with Crippen LogP contribution in [0.4, 0.5) is 0 Å². The molecule has 18 heavy (non-hydrogen) atoms. The van der Waals surface area contributed by atoms with Gasteiger partial charge in [-0.1, -0.05) is 12.5 Å². The lowest BCUT2D eigenvalue weighted by molar-refractivity contribution is 0.174. The molecular weight excluding hydrogens is 233 g/mol. The van der Waals surface area contributed by atoms with Crippen LogP contribution >= 0.6 is 0 Å². The maximum atomic E-state index is 9.59. The van der Waals surface area contributed by atoms with Crippen LogP contribution in [-0.2, 0) is 0 Å². The van der Waals surface area contributed by atoms with Crippen LogP contribution in [-0.4, -0.2) is 30.5 Å².